The van der Waals surface area contributed by atoms with E-state index in [2.05, 4.69) is 19.7 Å². The van der Waals surface area contributed by atoms with E-state index in [0.717, 1.165) is 0 Å². The van der Waals surface area contributed by atoms with Gasteiger partial charge in [-0.1, -0.05) is 6.07 Å². The number of nitrogens with one attached hydrogen (secondary N) is 1. The molecule has 1 aliphatic rings. The van der Waals surface area contributed by atoms with E-state index in [1.165, 1.54) is 37.4 Å². The number of aromatic nitrogens is 2. The summed E-state index contributed by atoms with van der Waals surface area (Å²) in [6.07, 6.45) is 1.45. The summed E-state index contributed by atoms with van der Waals surface area (Å²) >= 11 is 0. The highest BCUT2D eigenvalue weighted by Gasteiger charge is 2.55. The average Bonchev–Trinajstić information content (AvgIpc) is 2.88. The van der Waals surface area contributed by atoms with Gasteiger partial charge in [-0.25, -0.2) is 9.88 Å². The third-order valence-electron chi connectivity index (χ3n) is 4.33. The second-order valence-electron chi connectivity index (χ2n) is 5.91. The van der Waals surface area contributed by atoms with Gasteiger partial charge >= 0.3 is 24.5 Å². The minimum Gasteiger partial charge on any atom is -0.467 e. The van der Waals surface area contributed by atoms with E-state index in [4.69, 9.17) is 10.5 Å². The number of rotatable bonds is 5. The Labute approximate surface area is 153 Å². The number of aryl methyl sites for hydroxylation is 1. The maximum absolute atomic E-state index is 13.1. The molecule has 0 fully saturated rings. The van der Waals surface area contributed by atoms with Crippen LogP contribution in [0.2, 0.25) is 0 Å². The fraction of sp³-hybridized carbons (Fsp3) is 0.294. The Morgan fingerprint density at radius 3 is 2.63 bits per heavy atom. The zero-order valence-corrected chi connectivity index (χ0v) is 14.9. The molecule has 1 aliphatic heterocycles. The molecule has 0 aliphatic carbocycles. The van der Waals surface area contributed by atoms with Crippen molar-refractivity contribution in [2.75, 3.05) is 14.2 Å². The number of amides is 1. The first-order chi connectivity index (χ1) is 12.8. The summed E-state index contributed by atoms with van der Waals surface area (Å²) in [4.78, 5) is 25.6. The second kappa shape index (κ2) is 6.78. The lowest BCUT2D eigenvalue weighted by atomic mass is 9.85. The summed E-state index contributed by atoms with van der Waals surface area (Å²) in [6.45, 7) is -1.35. The molecule has 0 spiro atoms. The number of alkyl halides is 2. The highest BCUT2D eigenvalue weighted by Crippen LogP contribution is 2.32. The molecule has 10 heteroatoms. The molecule has 8 nitrogen and oxygen atoms in total. The van der Waals surface area contributed by atoms with E-state index in [1.807, 2.05) is 0 Å². The molecule has 0 saturated carbocycles. The van der Waals surface area contributed by atoms with Gasteiger partial charge in [0, 0.05) is 11.8 Å². The van der Waals surface area contributed by atoms with Gasteiger partial charge < -0.3 is 9.47 Å². The molecule has 1 atom stereocenters. The van der Waals surface area contributed by atoms with Crippen LogP contribution in [-0.4, -0.2) is 47.5 Å². The summed E-state index contributed by atoms with van der Waals surface area (Å²) in [7, 11) is 2.93. The lowest BCUT2D eigenvalue weighted by Crippen LogP contribution is -2.85. The van der Waals surface area contributed by atoms with Crippen LogP contribution < -0.4 is 20.2 Å². The van der Waals surface area contributed by atoms with Crippen molar-refractivity contribution in [2.45, 2.75) is 19.1 Å². The Hall–Kier alpha value is -3.30. The number of halogens is 2. The second-order valence-corrected chi connectivity index (χ2v) is 5.91. The first kappa shape index (κ1) is 18.5. The van der Waals surface area contributed by atoms with Gasteiger partial charge in [-0.2, -0.15) is 13.8 Å². The van der Waals surface area contributed by atoms with Gasteiger partial charge in [-0.3, -0.25) is 15.5 Å². The van der Waals surface area contributed by atoms with Crippen LogP contribution in [0.3, 0.4) is 0 Å². The molecule has 142 valence electrons. The summed E-state index contributed by atoms with van der Waals surface area (Å²) < 4.78 is 34.6. The minimum atomic E-state index is -2.95. The number of hydrogen-bond donors (Lipinski definition) is 2. The molecule has 27 heavy (non-hydrogen) atoms. The van der Waals surface area contributed by atoms with Crippen LogP contribution in [0.25, 0.3) is 0 Å². The topological polar surface area (TPSA) is 105 Å². The van der Waals surface area contributed by atoms with Crippen LogP contribution in [0.15, 0.2) is 30.5 Å². The number of carbonyl (C=O) groups excluding carboxylic acids is 1. The number of ether oxygens (including phenoxy) is 2. The van der Waals surface area contributed by atoms with Gasteiger partial charge in [0.05, 0.1) is 14.2 Å². The first-order valence-electron chi connectivity index (χ1n) is 7.91. The van der Waals surface area contributed by atoms with Gasteiger partial charge in [0.15, 0.2) is 0 Å². The third kappa shape index (κ3) is 3.03. The Morgan fingerprint density at radius 1 is 1.33 bits per heavy atom. The summed E-state index contributed by atoms with van der Waals surface area (Å²) in [5.74, 6) is -0.245. The van der Waals surface area contributed by atoms with Crippen LogP contribution in [0, 0.1) is 6.92 Å². The minimum absolute atomic E-state index is 0.0138. The molecule has 0 bridgehead atoms. The normalized spacial score (nSPS) is 19.4. The van der Waals surface area contributed by atoms with E-state index in [0.29, 0.717) is 16.8 Å². The number of likely N-dealkylation sites (N-methyl/N-ethyl adjacent to an activating group) is 1. The third-order valence-corrected chi connectivity index (χ3v) is 4.33. The SMILES string of the molecule is COc1nccc(C2(c3ccc(OC(F)F)c(C)c3)[NH+]=C(N)N(C)C2=O)n1. The van der Waals surface area contributed by atoms with Crippen LogP contribution >= 0.6 is 0 Å². The van der Waals surface area contributed by atoms with Crippen molar-refractivity contribution in [1.82, 2.24) is 14.9 Å². The van der Waals surface area contributed by atoms with Crippen LogP contribution in [0.4, 0.5) is 8.78 Å². The molecule has 1 unspecified atom stereocenters. The highest BCUT2D eigenvalue weighted by molar-refractivity contribution is 6.03. The van der Waals surface area contributed by atoms with E-state index < -0.39 is 12.2 Å². The Balaban J connectivity index is 2.20. The standard InChI is InChI=1S/C17H17F2N5O3/c1-9-8-10(4-5-11(9)27-14(18)19)17(13(25)24(2)15(20)23-17)12-6-7-21-16(22-12)26-3/h4-8,14H,1-3H3,(H2,20,23)/p+1. The van der Waals surface area contributed by atoms with Crippen LogP contribution in [0.5, 0.6) is 11.8 Å². The van der Waals surface area contributed by atoms with Gasteiger partial charge in [-0.05, 0) is 30.7 Å². The fourth-order valence-electron chi connectivity index (χ4n) is 2.97. The Bertz CT molecular complexity index is 921. The number of benzene rings is 1. The van der Waals surface area contributed by atoms with Crippen LogP contribution in [0.1, 0.15) is 16.8 Å². The average molecular weight is 378 g/mol. The number of methoxy groups -OCH3 is 1. The monoisotopic (exact) mass is 378 g/mol. The predicted molar refractivity (Wildman–Crippen MR) is 90.1 cm³/mol. The zero-order chi connectivity index (χ0) is 19.8. The molecule has 3 N–H and O–H groups in total. The van der Waals surface area contributed by atoms with Crippen molar-refractivity contribution < 1.29 is 28.0 Å². The Kier molecular flexibility index (Phi) is 4.64. The zero-order valence-electron chi connectivity index (χ0n) is 14.9. The molecule has 0 radical (unpaired) electrons. The molecule has 2 aromatic rings. The molecule has 0 saturated heterocycles. The van der Waals surface area contributed by atoms with E-state index in [-0.39, 0.29) is 23.6 Å². The lowest BCUT2D eigenvalue weighted by Gasteiger charge is -2.23. The maximum Gasteiger partial charge on any atom is 0.387 e. The predicted octanol–water partition coefficient (Wildman–Crippen LogP) is -0.494. The Morgan fingerprint density at radius 2 is 2.07 bits per heavy atom. The van der Waals surface area contributed by atoms with E-state index in [1.54, 1.807) is 19.1 Å². The summed E-state index contributed by atoms with van der Waals surface area (Å²) in [5, 5.41) is 0. The van der Waals surface area contributed by atoms with Crippen molar-refractivity contribution in [2.24, 2.45) is 5.73 Å². The van der Waals surface area contributed by atoms with E-state index >= 15 is 0 Å². The molecule has 1 aromatic heterocycles. The number of hydrogen-bond acceptors (Lipinski definition) is 6. The number of nitrogens with zero attached hydrogens (tertiary/aromatic N) is 3. The molecule has 2 heterocycles. The lowest BCUT2D eigenvalue weighted by molar-refractivity contribution is -0.526. The number of guanidine groups is 1. The maximum atomic E-state index is 13.1. The van der Waals surface area contributed by atoms with Gasteiger partial charge in [-0.15, -0.1) is 0 Å². The number of nitrogens with two attached hydrogens (primary N) is 1. The quantitative estimate of drug-likeness (QED) is 0.727. The highest BCUT2D eigenvalue weighted by atomic mass is 19.3. The van der Waals surface area contributed by atoms with Crippen LogP contribution in [-0.2, 0) is 10.3 Å². The smallest absolute Gasteiger partial charge is 0.387 e. The van der Waals surface area contributed by atoms with Gasteiger partial charge in [0.25, 0.3) is 0 Å². The molecule has 1 amide bonds. The summed E-state index contributed by atoms with van der Waals surface area (Å²) in [6, 6.07) is 6.09. The summed E-state index contributed by atoms with van der Waals surface area (Å²) in [5.41, 5.74) is 5.66. The molecule has 3 rings (SSSR count). The van der Waals surface area contributed by atoms with Crippen molar-refractivity contribution in [1.29, 1.82) is 0 Å². The van der Waals surface area contributed by atoms with Gasteiger partial charge in [0.1, 0.15) is 11.4 Å². The first-order valence-corrected chi connectivity index (χ1v) is 7.91. The fourth-order valence-corrected chi connectivity index (χ4v) is 2.97. The van der Waals surface area contributed by atoms with Crippen molar-refractivity contribution in [3.63, 3.8) is 0 Å². The number of carbonyl (C=O) groups is 1. The van der Waals surface area contributed by atoms with Crippen molar-refractivity contribution in [3.8, 4) is 11.8 Å². The van der Waals surface area contributed by atoms with Crippen molar-refractivity contribution in [3.05, 3.63) is 47.3 Å². The largest absolute Gasteiger partial charge is 0.467 e. The van der Waals surface area contributed by atoms with Gasteiger partial charge in [0.2, 0.25) is 5.54 Å². The molecule has 1 aromatic carbocycles. The molecular weight excluding hydrogens is 360 g/mol. The molecular formula is C17H18F2N5O3+. The van der Waals surface area contributed by atoms with E-state index in [9.17, 15) is 13.6 Å². The van der Waals surface area contributed by atoms with Crippen molar-refractivity contribution >= 4 is 11.9 Å².